The van der Waals surface area contributed by atoms with Crippen molar-refractivity contribution in [2.24, 2.45) is 5.92 Å². The lowest BCUT2D eigenvalue weighted by atomic mass is 10.2. The van der Waals surface area contributed by atoms with Crippen LogP contribution in [0.3, 0.4) is 0 Å². The fourth-order valence-electron chi connectivity index (χ4n) is 2.24. The summed E-state index contributed by atoms with van der Waals surface area (Å²) in [6.07, 6.45) is 3.38. The molecule has 1 aliphatic rings. The molecule has 2 rings (SSSR count). The summed E-state index contributed by atoms with van der Waals surface area (Å²) in [5, 5.41) is 13.2. The van der Waals surface area contributed by atoms with E-state index in [0.29, 0.717) is 19.2 Å². The molecule has 1 fully saturated rings. The predicted molar refractivity (Wildman–Crippen MR) is 72.7 cm³/mol. The molecule has 3 nitrogen and oxygen atoms in total. The Labute approximate surface area is 109 Å². The summed E-state index contributed by atoms with van der Waals surface area (Å²) < 4.78 is 5.50. The molecule has 1 aromatic carbocycles. The first-order chi connectivity index (χ1) is 8.79. The summed E-state index contributed by atoms with van der Waals surface area (Å²) in [5.74, 6) is 1.64. The van der Waals surface area contributed by atoms with Crippen molar-refractivity contribution in [3.8, 4) is 5.75 Å². The van der Waals surface area contributed by atoms with Crippen LogP contribution >= 0.6 is 0 Å². The van der Waals surface area contributed by atoms with Crippen LogP contribution in [0.1, 0.15) is 26.2 Å². The number of aliphatic hydroxyl groups excluding tert-OH is 1. The highest BCUT2D eigenvalue weighted by Gasteiger charge is 2.35. The molecule has 18 heavy (non-hydrogen) atoms. The topological polar surface area (TPSA) is 41.5 Å². The molecular weight excluding hydrogens is 226 g/mol. The first kappa shape index (κ1) is 13.4. The number of ether oxygens (including phenoxy) is 1. The quantitative estimate of drug-likeness (QED) is 0.742. The number of hydrogen-bond acceptors (Lipinski definition) is 3. The zero-order valence-electron chi connectivity index (χ0n) is 11.0. The van der Waals surface area contributed by atoms with E-state index >= 15 is 0 Å². The summed E-state index contributed by atoms with van der Waals surface area (Å²) in [7, 11) is 0. The van der Waals surface area contributed by atoms with Crippen LogP contribution < -0.4 is 10.1 Å². The van der Waals surface area contributed by atoms with E-state index in [2.05, 4.69) is 12.2 Å². The highest BCUT2D eigenvalue weighted by atomic mass is 16.5. The first-order valence-electron chi connectivity index (χ1n) is 6.89. The second-order valence-corrected chi connectivity index (χ2v) is 5.08. The minimum Gasteiger partial charge on any atom is -0.491 e. The molecule has 0 amide bonds. The molecule has 2 N–H and O–H groups in total. The van der Waals surface area contributed by atoms with Gasteiger partial charge in [0.15, 0.2) is 0 Å². The predicted octanol–water partition coefficient (Wildman–Crippen LogP) is 2.20. The number of nitrogens with one attached hydrogen (secondary N) is 1. The summed E-state index contributed by atoms with van der Waals surface area (Å²) >= 11 is 0. The number of aliphatic hydroxyl groups is 1. The molecular formula is C15H23NO2. The van der Waals surface area contributed by atoms with Gasteiger partial charge in [0.05, 0.1) is 0 Å². The Morgan fingerprint density at radius 2 is 2.17 bits per heavy atom. The van der Waals surface area contributed by atoms with Gasteiger partial charge in [-0.05, 0) is 30.9 Å². The second-order valence-electron chi connectivity index (χ2n) is 5.08. The average molecular weight is 249 g/mol. The Balaban J connectivity index is 1.57. The van der Waals surface area contributed by atoms with Gasteiger partial charge in [0.25, 0.3) is 0 Å². The highest BCUT2D eigenvalue weighted by Crippen LogP contribution is 2.34. The van der Waals surface area contributed by atoms with E-state index in [1.165, 1.54) is 19.3 Å². The van der Waals surface area contributed by atoms with Crippen molar-refractivity contribution in [2.75, 3.05) is 13.2 Å². The molecule has 0 radical (unpaired) electrons. The number of hydrogen-bond donors (Lipinski definition) is 2. The van der Waals surface area contributed by atoms with Crippen LogP contribution in [0.2, 0.25) is 0 Å². The monoisotopic (exact) mass is 249 g/mol. The van der Waals surface area contributed by atoms with Crippen molar-refractivity contribution in [1.29, 1.82) is 0 Å². The van der Waals surface area contributed by atoms with Gasteiger partial charge in [-0.3, -0.25) is 0 Å². The Morgan fingerprint density at radius 3 is 2.89 bits per heavy atom. The third-order valence-corrected chi connectivity index (χ3v) is 3.38. The minimum absolute atomic E-state index is 0.349. The fraction of sp³-hybridized carbons (Fsp3) is 0.600. The SMILES string of the molecule is CCCC1CC1NCC(O)COc1ccccc1. The summed E-state index contributed by atoms with van der Waals surface area (Å²) in [4.78, 5) is 0. The zero-order chi connectivity index (χ0) is 12.8. The van der Waals surface area contributed by atoms with E-state index in [1.54, 1.807) is 0 Å². The van der Waals surface area contributed by atoms with Crippen LogP contribution in [-0.4, -0.2) is 30.4 Å². The van der Waals surface area contributed by atoms with Gasteiger partial charge in [0, 0.05) is 12.6 Å². The third-order valence-electron chi connectivity index (χ3n) is 3.38. The molecule has 3 atom stereocenters. The van der Waals surface area contributed by atoms with Crippen LogP contribution in [0.4, 0.5) is 0 Å². The molecule has 1 aromatic rings. The first-order valence-corrected chi connectivity index (χ1v) is 6.89. The molecule has 3 heteroatoms. The van der Waals surface area contributed by atoms with Gasteiger partial charge < -0.3 is 15.2 Å². The van der Waals surface area contributed by atoms with Gasteiger partial charge in [-0.25, -0.2) is 0 Å². The van der Waals surface area contributed by atoms with Crippen LogP contribution in [0.25, 0.3) is 0 Å². The molecule has 1 aliphatic carbocycles. The zero-order valence-corrected chi connectivity index (χ0v) is 11.0. The molecule has 3 unspecified atom stereocenters. The summed E-state index contributed by atoms with van der Waals surface area (Å²) in [5.41, 5.74) is 0. The number of rotatable bonds is 8. The average Bonchev–Trinajstić information content (AvgIpc) is 3.14. The maximum absolute atomic E-state index is 9.82. The number of para-hydroxylation sites is 1. The van der Waals surface area contributed by atoms with E-state index in [4.69, 9.17) is 4.74 Å². The van der Waals surface area contributed by atoms with Crippen molar-refractivity contribution >= 4 is 0 Å². The Hall–Kier alpha value is -1.06. The van der Waals surface area contributed by atoms with Crippen LogP contribution in [0, 0.1) is 5.92 Å². The standard InChI is InChI=1S/C15H23NO2/c1-2-6-12-9-15(12)16-10-13(17)11-18-14-7-4-3-5-8-14/h3-5,7-8,12-13,15-17H,2,6,9-11H2,1H3. The highest BCUT2D eigenvalue weighted by molar-refractivity contribution is 5.20. The summed E-state index contributed by atoms with van der Waals surface area (Å²) in [6, 6.07) is 10.2. The van der Waals surface area contributed by atoms with Crippen molar-refractivity contribution in [3.63, 3.8) is 0 Å². The lowest BCUT2D eigenvalue weighted by molar-refractivity contribution is 0.106. The maximum atomic E-state index is 9.82. The largest absolute Gasteiger partial charge is 0.491 e. The molecule has 0 aliphatic heterocycles. The smallest absolute Gasteiger partial charge is 0.119 e. The molecule has 0 saturated heterocycles. The minimum atomic E-state index is -0.437. The fourth-order valence-corrected chi connectivity index (χ4v) is 2.24. The van der Waals surface area contributed by atoms with Crippen molar-refractivity contribution in [1.82, 2.24) is 5.32 Å². The van der Waals surface area contributed by atoms with Gasteiger partial charge in [-0.1, -0.05) is 31.5 Å². The van der Waals surface area contributed by atoms with E-state index in [1.807, 2.05) is 30.3 Å². The van der Waals surface area contributed by atoms with Crippen LogP contribution in [0.15, 0.2) is 30.3 Å². The van der Waals surface area contributed by atoms with Crippen LogP contribution in [0.5, 0.6) is 5.75 Å². The normalized spacial score (nSPS) is 23.7. The molecule has 100 valence electrons. The molecule has 0 heterocycles. The van der Waals surface area contributed by atoms with E-state index < -0.39 is 6.10 Å². The second kappa shape index (κ2) is 6.76. The van der Waals surface area contributed by atoms with Crippen molar-refractivity contribution in [2.45, 2.75) is 38.3 Å². The van der Waals surface area contributed by atoms with Gasteiger partial charge in [-0.15, -0.1) is 0 Å². The maximum Gasteiger partial charge on any atom is 0.119 e. The van der Waals surface area contributed by atoms with E-state index in [0.717, 1.165) is 11.7 Å². The molecule has 1 saturated carbocycles. The molecule has 0 spiro atoms. The lowest BCUT2D eigenvalue weighted by Crippen LogP contribution is -2.33. The summed E-state index contributed by atoms with van der Waals surface area (Å²) in [6.45, 7) is 3.19. The lowest BCUT2D eigenvalue weighted by Gasteiger charge is -2.13. The van der Waals surface area contributed by atoms with E-state index in [9.17, 15) is 5.11 Å². The van der Waals surface area contributed by atoms with Gasteiger partial charge in [0.1, 0.15) is 18.5 Å². The Kier molecular flexibility index (Phi) is 5.02. The van der Waals surface area contributed by atoms with E-state index in [-0.39, 0.29) is 0 Å². The third kappa shape index (κ3) is 4.31. The van der Waals surface area contributed by atoms with Crippen LogP contribution in [-0.2, 0) is 0 Å². The Morgan fingerprint density at radius 1 is 1.39 bits per heavy atom. The Bertz CT molecular complexity index is 342. The van der Waals surface area contributed by atoms with Crippen molar-refractivity contribution in [3.05, 3.63) is 30.3 Å². The van der Waals surface area contributed by atoms with Gasteiger partial charge >= 0.3 is 0 Å². The van der Waals surface area contributed by atoms with Gasteiger partial charge in [0.2, 0.25) is 0 Å². The number of benzene rings is 1. The van der Waals surface area contributed by atoms with Crippen molar-refractivity contribution < 1.29 is 9.84 Å². The van der Waals surface area contributed by atoms with Gasteiger partial charge in [-0.2, -0.15) is 0 Å². The molecule has 0 aromatic heterocycles. The molecule has 0 bridgehead atoms.